The Hall–Kier alpha value is -3.09. The minimum atomic E-state index is -0.405. The largest absolute Gasteiger partial charge is 0.335 e. The first kappa shape index (κ1) is 22.7. The molecule has 0 spiro atoms. The van der Waals surface area contributed by atoms with Gasteiger partial charge in [0.25, 0.3) is 5.91 Å². The smallest absolute Gasteiger partial charge is 0.272 e. The summed E-state index contributed by atoms with van der Waals surface area (Å²) in [6.07, 6.45) is 7.15. The average Bonchev–Trinajstić information content (AvgIpc) is 3.62. The summed E-state index contributed by atoms with van der Waals surface area (Å²) in [5.74, 6) is -0.107. The van der Waals surface area contributed by atoms with Gasteiger partial charge in [0.15, 0.2) is 5.65 Å². The van der Waals surface area contributed by atoms with Crippen molar-refractivity contribution in [2.45, 2.75) is 71.3 Å². The summed E-state index contributed by atoms with van der Waals surface area (Å²) in [7, 11) is 0. The van der Waals surface area contributed by atoms with Crippen molar-refractivity contribution < 1.29 is 14.0 Å². The zero-order valence-corrected chi connectivity index (χ0v) is 19.9. The van der Waals surface area contributed by atoms with Gasteiger partial charge in [0.05, 0.1) is 5.69 Å². The monoisotopic (exact) mass is 462 g/mol. The summed E-state index contributed by atoms with van der Waals surface area (Å²) < 4.78 is 16.7. The van der Waals surface area contributed by atoms with Crippen molar-refractivity contribution in [3.05, 3.63) is 53.1 Å². The van der Waals surface area contributed by atoms with Crippen LogP contribution in [-0.2, 0) is 17.6 Å². The third-order valence-electron chi connectivity index (χ3n) is 7.12. The standard InChI is InChI=1S/C27H31FN4O2/c1-3-20-15-24(27(34)31-12-6-4-5-7-17(31)2)29-26-16-23(30-32(20)26)21-11-8-18(13-22(21)28)14-25(33)19-9-10-19/h8,11,13,15-17,19H,3-7,9-10,12,14H2,1-2H3. The van der Waals surface area contributed by atoms with Crippen LogP contribution in [0.15, 0.2) is 30.3 Å². The molecule has 7 heteroatoms. The van der Waals surface area contributed by atoms with Crippen LogP contribution < -0.4 is 0 Å². The number of benzene rings is 1. The molecule has 5 rings (SSSR count). The van der Waals surface area contributed by atoms with Crippen molar-refractivity contribution in [3.63, 3.8) is 0 Å². The molecule has 1 saturated carbocycles. The molecule has 34 heavy (non-hydrogen) atoms. The zero-order valence-electron chi connectivity index (χ0n) is 19.9. The van der Waals surface area contributed by atoms with Gasteiger partial charge in [0.2, 0.25) is 0 Å². The van der Waals surface area contributed by atoms with Crippen molar-refractivity contribution >= 4 is 17.3 Å². The fourth-order valence-corrected chi connectivity index (χ4v) is 4.88. The Morgan fingerprint density at radius 3 is 2.65 bits per heavy atom. The van der Waals surface area contributed by atoms with Crippen LogP contribution in [0.1, 0.15) is 74.1 Å². The van der Waals surface area contributed by atoms with Crippen molar-refractivity contribution in [2.24, 2.45) is 5.92 Å². The maximum absolute atomic E-state index is 15.0. The predicted molar refractivity (Wildman–Crippen MR) is 128 cm³/mol. The van der Waals surface area contributed by atoms with E-state index in [1.807, 2.05) is 17.9 Å². The highest BCUT2D eigenvalue weighted by molar-refractivity contribution is 5.93. The van der Waals surface area contributed by atoms with E-state index in [0.29, 0.717) is 34.6 Å². The van der Waals surface area contributed by atoms with Gasteiger partial charge in [-0.25, -0.2) is 13.9 Å². The molecule has 2 aromatic heterocycles. The number of carbonyl (C=O) groups is 2. The maximum Gasteiger partial charge on any atom is 0.272 e. The Bertz CT molecular complexity index is 1250. The molecule has 1 atom stereocenters. The molecular formula is C27H31FN4O2. The van der Waals surface area contributed by atoms with Crippen LogP contribution in [-0.4, -0.2) is 43.8 Å². The fraction of sp³-hybridized carbons (Fsp3) is 0.481. The molecule has 3 aromatic rings. The summed E-state index contributed by atoms with van der Waals surface area (Å²) in [5, 5.41) is 4.61. The number of amides is 1. The molecule has 6 nitrogen and oxygen atoms in total. The van der Waals surface area contributed by atoms with E-state index in [4.69, 9.17) is 0 Å². The minimum Gasteiger partial charge on any atom is -0.335 e. The molecular weight excluding hydrogens is 431 g/mol. The van der Waals surface area contributed by atoms with Crippen LogP contribution in [0.4, 0.5) is 4.39 Å². The summed E-state index contributed by atoms with van der Waals surface area (Å²) in [5.41, 5.74) is 3.33. The number of hydrogen-bond donors (Lipinski definition) is 0. The Morgan fingerprint density at radius 1 is 1.09 bits per heavy atom. The number of halogens is 1. The molecule has 1 unspecified atom stereocenters. The number of Topliss-reactive ketones (excluding diaryl/α,β-unsaturated/α-hetero) is 1. The molecule has 1 aromatic carbocycles. The van der Waals surface area contributed by atoms with Gasteiger partial charge in [-0.3, -0.25) is 9.59 Å². The molecule has 1 aliphatic carbocycles. The highest BCUT2D eigenvalue weighted by atomic mass is 19.1. The van der Waals surface area contributed by atoms with Gasteiger partial charge in [-0.1, -0.05) is 25.8 Å². The van der Waals surface area contributed by atoms with Crippen LogP contribution in [0, 0.1) is 11.7 Å². The summed E-state index contributed by atoms with van der Waals surface area (Å²) >= 11 is 0. The van der Waals surface area contributed by atoms with E-state index in [2.05, 4.69) is 17.0 Å². The second-order valence-corrected chi connectivity index (χ2v) is 9.71. The van der Waals surface area contributed by atoms with Crippen LogP contribution in [0.5, 0.6) is 0 Å². The number of fused-ring (bicyclic) bond motifs is 1. The number of ketones is 1. The van der Waals surface area contributed by atoms with E-state index in [9.17, 15) is 9.59 Å². The summed E-state index contributed by atoms with van der Waals surface area (Å²) in [6, 6.07) is 8.65. The number of carbonyl (C=O) groups excluding carboxylic acids is 2. The number of nitrogens with zero attached hydrogens (tertiary/aromatic N) is 4. The Labute approximate surface area is 199 Å². The van der Waals surface area contributed by atoms with Crippen molar-refractivity contribution in [1.29, 1.82) is 0 Å². The molecule has 0 radical (unpaired) electrons. The Morgan fingerprint density at radius 2 is 1.91 bits per heavy atom. The Balaban J connectivity index is 1.46. The van der Waals surface area contributed by atoms with Gasteiger partial charge >= 0.3 is 0 Å². The minimum absolute atomic E-state index is 0.0507. The predicted octanol–water partition coefficient (Wildman–Crippen LogP) is 5.02. The van der Waals surface area contributed by atoms with Crippen LogP contribution in [0.2, 0.25) is 0 Å². The van der Waals surface area contributed by atoms with Crippen molar-refractivity contribution in [1.82, 2.24) is 19.5 Å². The second-order valence-electron chi connectivity index (χ2n) is 9.71. The quantitative estimate of drug-likeness (QED) is 0.516. The molecule has 1 saturated heterocycles. The van der Waals surface area contributed by atoms with E-state index in [0.717, 1.165) is 50.8 Å². The highest BCUT2D eigenvalue weighted by Gasteiger charge is 2.29. The number of aromatic nitrogens is 3. The third-order valence-corrected chi connectivity index (χ3v) is 7.12. The average molecular weight is 463 g/mol. The van der Waals surface area contributed by atoms with Gasteiger partial charge in [-0.05, 0) is 62.8 Å². The molecule has 3 heterocycles. The SMILES string of the molecule is CCc1cc(C(=O)N2CCCCCC2C)nc2cc(-c3ccc(CC(=O)C4CC4)cc3F)nn12. The second kappa shape index (κ2) is 9.28. The number of aryl methyl sites for hydroxylation is 1. The molecule has 1 amide bonds. The topological polar surface area (TPSA) is 67.6 Å². The van der Waals surface area contributed by atoms with Crippen molar-refractivity contribution in [2.75, 3.05) is 6.54 Å². The Kier molecular flexibility index (Phi) is 6.19. The van der Waals surface area contributed by atoms with Crippen LogP contribution in [0.3, 0.4) is 0 Å². The number of likely N-dealkylation sites (tertiary alicyclic amines) is 1. The van der Waals surface area contributed by atoms with Gasteiger partial charge < -0.3 is 4.90 Å². The van der Waals surface area contributed by atoms with E-state index in [1.165, 1.54) is 6.07 Å². The normalized spacial score (nSPS) is 18.8. The number of rotatable bonds is 6. The van der Waals surface area contributed by atoms with Crippen LogP contribution in [0.25, 0.3) is 16.9 Å². The first-order valence-electron chi connectivity index (χ1n) is 12.5. The summed E-state index contributed by atoms with van der Waals surface area (Å²) in [4.78, 5) is 32.0. The van der Waals surface area contributed by atoms with E-state index in [1.54, 1.807) is 22.7 Å². The number of hydrogen-bond acceptors (Lipinski definition) is 4. The first-order valence-corrected chi connectivity index (χ1v) is 12.5. The van der Waals surface area contributed by atoms with E-state index in [-0.39, 0.29) is 30.1 Å². The van der Waals surface area contributed by atoms with Crippen LogP contribution >= 0.6 is 0 Å². The van der Waals surface area contributed by atoms with Crippen molar-refractivity contribution in [3.8, 4) is 11.3 Å². The van der Waals surface area contributed by atoms with E-state index >= 15 is 4.39 Å². The fourth-order valence-electron chi connectivity index (χ4n) is 4.88. The van der Waals surface area contributed by atoms with Gasteiger partial charge in [-0.2, -0.15) is 5.10 Å². The van der Waals surface area contributed by atoms with Gasteiger partial charge in [0.1, 0.15) is 17.3 Å². The zero-order chi connectivity index (χ0) is 23.8. The molecule has 178 valence electrons. The van der Waals surface area contributed by atoms with Gasteiger partial charge in [-0.15, -0.1) is 0 Å². The lowest BCUT2D eigenvalue weighted by Gasteiger charge is -2.27. The molecule has 0 N–H and O–H groups in total. The van der Waals surface area contributed by atoms with Gasteiger partial charge in [0, 0.05) is 42.2 Å². The molecule has 2 fully saturated rings. The van der Waals surface area contributed by atoms with E-state index < -0.39 is 5.82 Å². The molecule has 2 aliphatic rings. The molecule has 0 bridgehead atoms. The third kappa shape index (κ3) is 4.48. The summed E-state index contributed by atoms with van der Waals surface area (Å²) in [6.45, 7) is 4.86. The lowest BCUT2D eigenvalue weighted by molar-refractivity contribution is -0.119. The lowest BCUT2D eigenvalue weighted by atomic mass is 10.0. The lowest BCUT2D eigenvalue weighted by Crippen LogP contribution is -2.38. The molecule has 1 aliphatic heterocycles. The maximum atomic E-state index is 15.0. The highest BCUT2D eigenvalue weighted by Crippen LogP contribution is 2.32. The first-order chi connectivity index (χ1) is 16.4.